The number of rotatable bonds is 3. The molecule has 1 radical (unpaired) electrons. The molecule has 13 heavy (non-hydrogen) atoms. The normalized spacial score (nSPS) is 9.54. The Bertz CT molecular complexity index is 250. The van der Waals surface area contributed by atoms with E-state index in [1.54, 1.807) is 0 Å². The molecule has 0 aliphatic carbocycles. The first-order valence-corrected chi connectivity index (χ1v) is 5.89. The third-order valence-electron chi connectivity index (χ3n) is 1.16. The Hall–Kier alpha value is 0.370. The van der Waals surface area contributed by atoms with Crippen LogP contribution in [-0.4, -0.2) is 9.11 Å². The van der Waals surface area contributed by atoms with Crippen LogP contribution in [0.3, 0.4) is 0 Å². The van der Waals surface area contributed by atoms with Gasteiger partial charge in [-0.2, -0.15) is 0 Å². The number of hydrogen-bond acceptors (Lipinski definition) is 0. The minimum absolute atomic E-state index is 0.204. The second-order valence-corrected chi connectivity index (χ2v) is 6.83. The summed E-state index contributed by atoms with van der Waals surface area (Å²) in [5.74, 6) is 12.0. The molecule has 0 aliphatic heterocycles. The molecule has 0 atom stereocenters. The fourth-order valence-corrected chi connectivity index (χ4v) is 1.24. The number of alkyl halides is 3. The maximum Gasteiger partial charge on any atom is 0.102 e. The van der Waals surface area contributed by atoms with Crippen molar-refractivity contribution in [3.8, 4) is 23.7 Å². The number of halogens is 3. The molecule has 0 saturated heterocycles. The molecule has 0 heterocycles. The van der Waals surface area contributed by atoms with E-state index in [4.69, 9.17) is 11.6 Å². The molecular weight excluding hydrogens is 315 g/mol. The third kappa shape index (κ3) is 8.69. The highest BCUT2D eigenvalue weighted by Crippen LogP contribution is 2.33. The molecule has 0 amide bonds. The summed E-state index contributed by atoms with van der Waals surface area (Å²) in [5.41, 5.74) is 0. The Labute approximate surface area is 102 Å². The molecule has 0 aromatic carbocycles. The summed E-state index contributed by atoms with van der Waals surface area (Å²) in [6, 6.07) is 0. The van der Waals surface area contributed by atoms with Crippen LogP contribution in [0.4, 0.5) is 0 Å². The predicted octanol–water partition coefficient (Wildman–Crippen LogP) is 3.72. The summed E-state index contributed by atoms with van der Waals surface area (Å²) < 4.78 is -0.204. The van der Waals surface area contributed by atoms with E-state index in [-0.39, 0.29) is 3.23 Å². The highest BCUT2D eigenvalue weighted by atomic mass is 79.9. The van der Waals surface area contributed by atoms with Crippen LogP contribution in [-0.2, 0) is 0 Å². The summed E-state index contributed by atoms with van der Waals surface area (Å²) in [7, 11) is 0. The lowest BCUT2D eigenvalue weighted by Crippen LogP contribution is -2.08. The maximum absolute atomic E-state index is 5.48. The van der Waals surface area contributed by atoms with E-state index < -0.39 is 0 Å². The van der Waals surface area contributed by atoms with E-state index in [0.717, 1.165) is 6.42 Å². The van der Waals surface area contributed by atoms with Crippen LogP contribution in [0.15, 0.2) is 0 Å². The average Bonchev–Trinajstić information content (AvgIpc) is 2.09. The van der Waals surface area contributed by atoms with Gasteiger partial charge in [0, 0.05) is 32.1 Å². The van der Waals surface area contributed by atoms with Gasteiger partial charge in [-0.25, -0.2) is 0 Å². The van der Waals surface area contributed by atoms with Crippen LogP contribution < -0.4 is 0 Å². The van der Waals surface area contributed by atoms with E-state index >= 15 is 0 Å². The molecular formula is C10H10Br2Cl. The van der Waals surface area contributed by atoms with Gasteiger partial charge in [0.05, 0.1) is 0 Å². The average molecular weight is 325 g/mol. The molecule has 0 nitrogen and oxygen atoms in total. The first kappa shape index (κ1) is 13.4. The molecule has 0 unspecified atom stereocenters. The zero-order chi connectivity index (χ0) is 10.2. The van der Waals surface area contributed by atoms with Crippen LogP contribution in [0.5, 0.6) is 0 Å². The van der Waals surface area contributed by atoms with Crippen molar-refractivity contribution in [1.29, 1.82) is 0 Å². The summed E-state index contributed by atoms with van der Waals surface area (Å²) in [6.07, 6.45) is 2.13. The van der Waals surface area contributed by atoms with Gasteiger partial charge in [-0.1, -0.05) is 31.9 Å². The van der Waals surface area contributed by atoms with Gasteiger partial charge in [0.25, 0.3) is 0 Å². The molecule has 0 N–H and O–H groups in total. The lowest BCUT2D eigenvalue weighted by Gasteiger charge is -2.12. The first-order valence-electron chi connectivity index (χ1n) is 3.77. The second kappa shape index (κ2) is 7.74. The van der Waals surface area contributed by atoms with Crippen LogP contribution in [0.2, 0.25) is 0 Å². The van der Waals surface area contributed by atoms with Gasteiger partial charge < -0.3 is 0 Å². The quantitative estimate of drug-likeness (QED) is 0.548. The fourth-order valence-electron chi connectivity index (χ4n) is 0.582. The zero-order valence-corrected chi connectivity index (χ0v) is 11.1. The van der Waals surface area contributed by atoms with Crippen molar-refractivity contribution >= 4 is 43.5 Å². The smallest absolute Gasteiger partial charge is 0.102 e. The van der Waals surface area contributed by atoms with Gasteiger partial charge in [0.2, 0.25) is 0 Å². The highest BCUT2D eigenvalue weighted by Gasteiger charge is 2.19. The fraction of sp³-hybridized carbons (Fsp3) is 0.500. The van der Waals surface area contributed by atoms with E-state index in [9.17, 15) is 0 Å². The van der Waals surface area contributed by atoms with Crippen molar-refractivity contribution in [3.05, 3.63) is 6.92 Å². The predicted molar refractivity (Wildman–Crippen MR) is 66.1 cm³/mol. The molecule has 0 aliphatic rings. The van der Waals surface area contributed by atoms with Crippen molar-refractivity contribution < 1.29 is 0 Å². The van der Waals surface area contributed by atoms with Crippen molar-refractivity contribution in [2.24, 2.45) is 0 Å². The molecule has 0 aromatic heterocycles. The van der Waals surface area contributed by atoms with Crippen LogP contribution in [0.25, 0.3) is 0 Å². The van der Waals surface area contributed by atoms with Crippen LogP contribution in [0.1, 0.15) is 19.3 Å². The molecule has 0 aromatic rings. The molecule has 0 bridgehead atoms. The summed E-state index contributed by atoms with van der Waals surface area (Å²) in [6.45, 7) is 3.44. The summed E-state index contributed by atoms with van der Waals surface area (Å²) >= 11 is 12.5. The maximum atomic E-state index is 5.48. The van der Waals surface area contributed by atoms with E-state index in [1.165, 1.54) is 0 Å². The minimum atomic E-state index is -0.204. The van der Waals surface area contributed by atoms with Gasteiger partial charge in [-0.3, -0.25) is 0 Å². The second-order valence-electron chi connectivity index (χ2n) is 2.36. The molecule has 3 heteroatoms. The van der Waals surface area contributed by atoms with E-state index in [1.807, 2.05) is 0 Å². The van der Waals surface area contributed by atoms with E-state index in [2.05, 4.69) is 62.5 Å². The lowest BCUT2D eigenvalue weighted by molar-refractivity contribution is 0.894. The Morgan fingerprint density at radius 1 is 1.15 bits per heavy atom. The summed E-state index contributed by atoms with van der Waals surface area (Å²) in [4.78, 5) is 0. The molecule has 71 valence electrons. The SMILES string of the molecule is [CH2]C#CCC(Br)(Br)CC#CCCCl. The Kier molecular flexibility index (Phi) is 7.96. The van der Waals surface area contributed by atoms with Gasteiger partial charge >= 0.3 is 0 Å². The third-order valence-corrected chi connectivity index (χ3v) is 2.47. The van der Waals surface area contributed by atoms with Crippen molar-refractivity contribution in [2.45, 2.75) is 22.5 Å². The van der Waals surface area contributed by atoms with E-state index in [0.29, 0.717) is 18.7 Å². The minimum Gasteiger partial charge on any atom is -0.126 e. The Morgan fingerprint density at radius 3 is 2.31 bits per heavy atom. The van der Waals surface area contributed by atoms with Gasteiger partial charge in [-0.05, 0) is 0 Å². The highest BCUT2D eigenvalue weighted by molar-refractivity contribution is 9.25. The topological polar surface area (TPSA) is 0 Å². The first-order chi connectivity index (χ1) is 6.12. The Balaban J connectivity index is 3.87. The Morgan fingerprint density at radius 2 is 1.77 bits per heavy atom. The van der Waals surface area contributed by atoms with Crippen molar-refractivity contribution in [3.63, 3.8) is 0 Å². The van der Waals surface area contributed by atoms with Gasteiger partial charge in [0.15, 0.2) is 0 Å². The molecule has 0 saturated carbocycles. The molecule has 0 spiro atoms. The van der Waals surface area contributed by atoms with Crippen LogP contribution >= 0.6 is 43.5 Å². The van der Waals surface area contributed by atoms with Gasteiger partial charge in [-0.15, -0.1) is 35.3 Å². The summed E-state index contributed by atoms with van der Waals surface area (Å²) in [5, 5.41) is 0. The molecule has 0 rings (SSSR count). The van der Waals surface area contributed by atoms with Crippen LogP contribution in [0, 0.1) is 30.6 Å². The standard InChI is InChI=1S/C10H10Br2Cl/c1-2-3-7-10(11,12)8-5-4-6-9-13/h1,6-9H2. The number of hydrogen-bond donors (Lipinski definition) is 0. The van der Waals surface area contributed by atoms with Gasteiger partial charge in [0.1, 0.15) is 3.23 Å². The zero-order valence-electron chi connectivity index (χ0n) is 7.17. The molecule has 0 fully saturated rings. The lowest BCUT2D eigenvalue weighted by atomic mass is 10.2. The van der Waals surface area contributed by atoms with Crippen molar-refractivity contribution in [2.75, 3.05) is 5.88 Å². The van der Waals surface area contributed by atoms with Crippen molar-refractivity contribution in [1.82, 2.24) is 0 Å². The largest absolute Gasteiger partial charge is 0.126 e. The monoisotopic (exact) mass is 323 g/mol.